The summed E-state index contributed by atoms with van der Waals surface area (Å²) in [4.78, 5) is 28.5. The van der Waals surface area contributed by atoms with Crippen LogP contribution in [-0.2, 0) is 14.3 Å². The van der Waals surface area contributed by atoms with Crippen LogP contribution in [0.2, 0.25) is 0 Å². The molecule has 1 unspecified atom stereocenters. The van der Waals surface area contributed by atoms with E-state index in [4.69, 9.17) is 9.47 Å². The predicted octanol–water partition coefficient (Wildman–Crippen LogP) is 3.84. The average Bonchev–Trinajstić information content (AvgIpc) is 3.46. The zero-order chi connectivity index (χ0) is 21.8. The number of hydrogen-bond donors (Lipinski definition) is 1. The van der Waals surface area contributed by atoms with Gasteiger partial charge in [-0.3, -0.25) is 9.59 Å². The van der Waals surface area contributed by atoms with Gasteiger partial charge in [0.15, 0.2) is 0 Å². The molecule has 1 N–H and O–H groups in total. The van der Waals surface area contributed by atoms with Crippen molar-refractivity contribution in [1.82, 2.24) is 10.2 Å². The fourth-order valence-corrected chi connectivity index (χ4v) is 5.45. The first-order valence-corrected chi connectivity index (χ1v) is 12.2. The number of nitrogens with zero attached hydrogens (tertiary/aromatic N) is 1. The number of amides is 2. The fourth-order valence-electron chi connectivity index (χ4n) is 4.48. The molecule has 2 aromatic rings. The molecule has 3 heterocycles. The van der Waals surface area contributed by atoms with Gasteiger partial charge in [-0.2, -0.15) is 0 Å². The number of carbonyl (C=O) groups is 2. The molecule has 1 aromatic heterocycles. The van der Waals surface area contributed by atoms with Gasteiger partial charge >= 0.3 is 0 Å². The second-order valence-corrected chi connectivity index (χ2v) is 9.72. The van der Waals surface area contributed by atoms with Gasteiger partial charge in [-0.05, 0) is 43.7 Å². The van der Waals surface area contributed by atoms with E-state index in [2.05, 4.69) is 19.2 Å². The van der Waals surface area contributed by atoms with Crippen LogP contribution in [0.1, 0.15) is 49.2 Å². The third kappa shape index (κ3) is 5.10. The van der Waals surface area contributed by atoms with Gasteiger partial charge in [-0.25, -0.2) is 0 Å². The van der Waals surface area contributed by atoms with Gasteiger partial charge in [0.1, 0.15) is 6.04 Å². The molecule has 2 aliphatic rings. The number of rotatable bonds is 9. The number of nitrogens with one attached hydrogen (secondary N) is 1. The molecular weight excluding hydrogens is 412 g/mol. The Morgan fingerprint density at radius 1 is 1.35 bits per heavy atom. The normalized spacial score (nSPS) is 26.1. The summed E-state index contributed by atoms with van der Waals surface area (Å²) in [5.41, 5.74) is 0. The third-order valence-corrected chi connectivity index (χ3v) is 7.46. The first-order valence-electron chi connectivity index (χ1n) is 11.4. The van der Waals surface area contributed by atoms with Crippen LogP contribution in [0.5, 0.6) is 0 Å². The van der Waals surface area contributed by atoms with E-state index in [1.165, 1.54) is 11.3 Å². The fraction of sp³-hybridized carbons (Fsp3) is 0.583. The first kappa shape index (κ1) is 22.2. The van der Waals surface area contributed by atoms with Crippen LogP contribution in [-0.4, -0.2) is 61.3 Å². The van der Waals surface area contributed by atoms with Crippen LogP contribution in [0.25, 0.3) is 10.1 Å². The zero-order valence-corrected chi connectivity index (χ0v) is 19.2. The first-order chi connectivity index (χ1) is 15.1. The smallest absolute Gasteiger partial charge is 0.262 e. The SMILES string of the molecule is CCCCOC[C@H]1OCC[C@@H]1CN1C(=O)[C@@H](NC(=O)c2cc3ccccc3s2)CC1C. The number of benzene rings is 1. The monoisotopic (exact) mass is 444 g/mol. The lowest BCUT2D eigenvalue weighted by molar-refractivity contribution is -0.131. The number of fused-ring (bicyclic) bond motifs is 1. The lowest BCUT2D eigenvalue weighted by Gasteiger charge is -2.27. The Balaban J connectivity index is 1.33. The number of thiophene rings is 1. The Kier molecular flexibility index (Phi) is 7.25. The average molecular weight is 445 g/mol. The van der Waals surface area contributed by atoms with E-state index in [-0.39, 0.29) is 29.9 Å². The van der Waals surface area contributed by atoms with Crippen molar-refractivity contribution < 1.29 is 19.1 Å². The van der Waals surface area contributed by atoms with Gasteiger partial charge < -0.3 is 19.7 Å². The lowest BCUT2D eigenvalue weighted by Crippen LogP contribution is -2.44. The predicted molar refractivity (Wildman–Crippen MR) is 122 cm³/mol. The van der Waals surface area contributed by atoms with Crippen LogP contribution >= 0.6 is 11.3 Å². The van der Waals surface area contributed by atoms with Gasteiger partial charge in [-0.1, -0.05) is 31.5 Å². The summed E-state index contributed by atoms with van der Waals surface area (Å²) in [5.74, 6) is 0.129. The molecular formula is C24H32N2O4S. The molecule has 0 spiro atoms. The van der Waals surface area contributed by atoms with Crippen molar-refractivity contribution in [2.45, 2.75) is 57.7 Å². The highest BCUT2D eigenvalue weighted by molar-refractivity contribution is 7.20. The molecule has 2 fully saturated rings. The van der Waals surface area contributed by atoms with E-state index in [0.29, 0.717) is 24.4 Å². The van der Waals surface area contributed by atoms with Crippen LogP contribution in [0.4, 0.5) is 0 Å². The second kappa shape index (κ2) is 10.1. The van der Waals surface area contributed by atoms with E-state index >= 15 is 0 Å². The summed E-state index contributed by atoms with van der Waals surface area (Å²) in [6.07, 6.45) is 3.80. The maximum Gasteiger partial charge on any atom is 0.262 e. The van der Waals surface area contributed by atoms with Crippen molar-refractivity contribution >= 4 is 33.2 Å². The van der Waals surface area contributed by atoms with E-state index in [1.807, 2.05) is 35.2 Å². The van der Waals surface area contributed by atoms with Crippen molar-refractivity contribution in [3.8, 4) is 0 Å². The van der Waals surface area contributed by atoms with Crippen molar-refractivity contribution in [3.05, 3.63) is 35.2 Å². The summed E-state index contributed by atoms with van der Waals surface area (Å²) in [7, 11) is 0. The Bertz CT molecular complexity index is 881. The Labute approximate surface area is 187 Å². The zero-order valence-electron chi connectivity index (χ0n) is 18.3. The van der Waals surface area contributed by atoms with Gasteiger partial charge in [0.25, 0.3) is 5.91 Å². The minimum absolute atomic E-state index is 0.0134. The van der Waals surface area contributed by atoms with Crippen LogP contribution < -0.4 is 5.32 Å². The van der Waals surface area contributed by atoms with E-state index < -0.39 is 6.04 Å². The van der Waals surface area contributed by atoms with Gasteiger partial charge in [0, 0.05) is 36.4 Å². The number of ether oxygens (including phenoxy) is 2. The number of likely N-dealkylation sites (tertiary alicyclic amines) is 1. The molecule has 168 valence electrons. The van der Waals surface area contributed by atoms with Crippen molar-refractivity contribution in [1.29, 1.82) is 0 Å². The summed E-state index contributed by atoms with van der Waals surface area (Å²) in [6.45, 7) is 6.94. The number of carbonyl (C=O) groups excluding carboxylic acids is 2. The Hall–Kier alpha value is -1.96. The molecule has 4 rings (SSSR count). The largest absolute Gasteiger partial charge is 0.379 e. The maximum absolute atomic E-state index is 13.1. The molecule has 2 amide bonds. The Morgan fingerprint density at radius 3 is 3.00 bits per heavy atom. The molecule has 0 bridgehead atoms. The third-order valence-electron chi connectivity index (χ3n) is 6.35. The minimum Gasteiger partial charge on any atom is -0.379 e. The number of hydrogen-bond acceptors (Lipinski definition) is 5. The molecule has 1 aromatic carbocycles. The summed E-state index contributed by atoms with van der Waals surface area (Å²) >= 11 is 1.46. The van der Waals surface area contributed by atoms with Crippen LogP contribution in [0.15, 0.2) is 30.3 Å². The van der Waals surface area contributed by atoms with Crippen LogP contribution in [0, 0.1) is 5.92 Å². The van der Waals surface area contributed by atoms with Gasteiger partial charge in [-0.15, -0.1) is 11.3 Å². The van der Waals surface area contributed by atoms with E-state index in [0.717, 1.165) is 42.6 Å². The van der Waals surface area contributed by atoms with Crippen molar-refractivity contribution in [3.63, 3.8) is 0 Å². The van der Waals surface area contributed by atoms with E-state index in [1.54, 1.807) is 0 Å². The molecule has 0 aliphatic carbocycles. The molecule has 2 saturated heterocycles. The second-order valence-electron chi connectivity index (χ2n) is 8.64. The molecule has 0 saturated carbocycles. The molecule has 7 heteroatoms. The van der Waals surface area contributed by atoms with Crippen LogP contribution in [0.3, 0.4) is 0 Å². The minimum atomic E-state index is -0.464. The standard InChI is InChI=1S/C24H32N2O4S/c1-3-4-10-29-15-20-18(9-11-30-20)14-26-16(2)12-19(24(26)28)25-23(27)22-13-17-7-5-6-8-21(17)31-22/h5-8,13,16,18-20H,3-4,9-12,14-15H2,1-2H3,(H,25,27)/t16?,18-,19+,20-/m1/s1. The number of unbranched alkanes of at least 4 members (excludes halogenated alkanes) is 1. The maximum atomic E-state index is 13.1. The quantitative estimate of drug-likeness (QED) is 0.597. The highest BCUT2D eigenvalue weighted by atomic mass is 32.1. The molecule has 0 radical (unpaired) electrons. The topological polar surface area (TPSA) is 67.9 Å². The van der Waals surface area contributed by atoms with Gasteiger partial charge in [0.05, 0.1) is 17.6 Å². The highest BCUT2D eigenvalue weighted by Gasteiger charge is 2.41. The van der Waals surface area contributed by atoms with Crippen molar-refractivity contribution in [2.24, 2.45) is 5.92 Å². The van der Waals surface area contributed by atoms with E-state index in [9.17, 15) is 9.59 Å². The van der Waals surface area contributed by atoms with Crippen molar-refractivity contribution in [2.75, 3.05) is 26.4 Å². The molecule has 31 heavy (non-hydrogen) atoms. The summed E-state index contributed by atoms with van der Waals surface area (Å²) < 4.78 is 12.7. The molecule has 4 atom stereocenters. The van der Waals surface area contributed by atoms with Gasteiger partial charge in [0.2, 0.25) is 5.91 Å². The lowest BCUT2D eigenvalue weighted by atomic mass is 10.0. The molecule has 2 aliphatic heterocycles. The summed E-state index contributed by atoms with van der Waals surface area (Å²) in [6, 6.07) is 9.47. The summed E-state index contributed by atoms with van der Waals surface area (Å²) in [5, 5.41) is 4.03. The Morgan fingerprint density at radius 2 is 2.19 bits per heavy atom. The molecule has 6 nitrogen and oxygen atoms in total. The highest BCUT2D eigenvalue weighted by Crippen LogP contribution is 2.29.